The molecule has 0 saturated heterocycles. The van der Waals surface area contributed by atoms with Crippen LogP contribution in [0.3, 0.4) is 0 Å². The zero-order chi connectivity index (χ0) is 14.0. The third-order valence-corrected chi connectivity index (χ3v) is 3.56. The molecule has 0 radical (unpaired) electrons. The fraction of sp³-hybridized carbons (Fsp3) is 0.267. The van der Waals surface area contributed by atoms with Crippen LogP contribution in [0.4, 0.5) is 10.2 Å². The number of nitrogens with zero attached hydrogens (tertiary/aromatic N) is 3. The van der Waals surface area contributed by atoms with Gasteiger partial charge in [0.05, 0.1) is 16.9 Å². The van der Waals surface area contributed by atoms with Crippen LogP contribution in [0.2, 0.25) is 0 Å². The first-order valence-electron chi connectivity index (χ1n) is 6.52. The van der Waals surface area contributed by atoms with Gasteiger partial charge in [-0.3, -0.25) is 4.98 Å². The van der Waals surface area contributed by atoms with Crippen molar-refractivity contribution in [1.82, 2.24) is 15.2 Å². The molecule has 2 heterocycles. The number of alkyl halides is 1. The largest absolute Gasteiger partial charge is 0.357 e. The van der Waals surface area contributed by atoms with Crippen LogP contribution < -0.4 is 5.32 Å². The average Bonchev–Trinajstić information content (AvgIpc) is 2.47. The molecule has 2 aromatic heterocycles. The molecule has 5 heteroatoms. The van der Waals surface area contributed by atoms with Gasteiger partial charge in [-0.1, -0.05) is 12.6 Å². The fourth-order valence-electron chi connectivity index (χ4n) is 2.48. The van der Waals surface area contributed by atoms with Gasteiger partial charge in [-0.15, -0.1) is 10.2 Å². The molecule has 1 aliphatic rings. The van der Waals surface area contributed by atoms with Crippen LogP contribution in [-0.4, -0.2) is 21.4 Å². The van der Waals surface area contributed by atoms with Crippen molar-refractivity contribution in [3.05, 3.63) is 54.5 Å². The summed E-state index contributed by atoms with van der Waals surface area (Å²) in [4.78, 5) is 4.34. The molecule has 0 bridgehead atoms. The van der Waals surface area contributed by atoms with Crippen LogP contribution in [0, 0.1) is 0 Å². The molecule has 0 unspecified atom stereocenters. The van der Waals surface area contributed by atoms with E-state index in [1.807, 2.05) is 30.3 Å². The Labute approximate surface area is 116 Å². The van der Waals surface area contributed by atoms with Crippen molar-refractivity contribution >= 4 is 11.9 Å². The maximum absolute atomic E-state index is 13.4. The Kier molecular flexibility index (Phi) is 3.18. The Balaban J connectivity index is 1.86. The lowest BCUT2D eigenvalue weighted by atomic mass is 9.72. The molecule has 4 nitrogen and oxygen atoms in total. The molecular formula is C15H15FN4. The standard InChI is InChI=1S/C15H15FN4/c1-2-12-6-7-14(20-19-12)18-15(9-11(16)10-15)13-5-3-4-8-17-13/h2-8,11H,1,9-10H2,(H,18,20). The van der Waals surface area contributed by atoms with E-state index in [1.54, 1.807) is 12.3 Å². The Bertz CT molecular complexity index is 591. The molecule has 1 aliphatic carbocycles. The predicted molar refractivity (Wildman–Crippen MR) is 75.8 cm³/mol. The molecule has 1 N–H and O–H groups in total. The van der Waals surface area contributed by atoms with Crippen LogP contribution in [0.25, 0.3) is 6.08 Å². The van der Waals surface area contributed by atoms with Crippen molar-refractivity contribution in [3.8, 4) is 0 Å². The number of aromatic nitrogens is 3. The van der Waals surface area contributed by atoms with Gasteiger partial charge in [-0.25, -0.2) is 4.39 Å². The monoisotopic (exact) mass is 270 g/mol. The molecule has 1 fully saturated rings. The quantitative estimate of drug-likeness (QED) is 0.928. The van der Waals surface area contributed by atoms with Gasteiger partial charge < -0.3 is 5.32 Å². The molecule has 0 amide bonds. The van der Waals surface area contributed by atoms with Gasteiger partial charge in [0, 0.05) is 19.0 Å². The highest BCUT2D eigenvalue weighted by molar-refractivity contribution is 5.46. The second-order valence-electron chi connectivity index (χ2n) is 4.98. The minimum atomic E-state index is -0.801. The molecule has 0 spiro atoms. The van der Waals surface area contributed by atoms with Crippen molar-refractivity contribution in [1.29, 1.82) is 0 Å². The Morgan fingerprint density at radius 1 is 1.25 bits per heavy atom. The van der Waals surface area contributed by atoms with E-state index in [4.69, 9.17) is 0 Å². The third kappa shape index (κ3) is 2.27. The van der Waals surface area contributed by atoms with Crippen LogP contribution in [0.5, 0.6) is 0 Å². The second-order valence-corrected chi connectivity index (χ2v) is 4.98. The number of halogens is 1. The number of nitrogens with one attached hydrogen (secondary N) is 1. The predicted octanol–water partition coefficient (Wildman–Crippen LogP) is 2.95. The molecule has 0 atom stereocenters. The topological polar surface area (TPSA) is 50.7 Å². The number of anilines is 1. The van der Waals surface area contributed by atoms with E-state index in [0.717, 1.165) is 5.69 Å². The molecule has 1 saturated carbocycles. The van der Waals surface area contributed by atoms with E-state index in [0.29, 0.717) is 24.4 Å². The van der Waals surface area contributed by atoms with Gasteiger partial charge in [-0.2, -0.15) is 0 Å². The van der Waals surface area contributed by atoms with E-state index >= 15 is 0 Å². The highest BCUT2D eigenvalue weighted by atomic mass is 19.1. The minimum absolute atomic E-state index is 0.398. The normalized spacial score (nSPS) is 24.8. The summed E-state index contributed by atoms with van der Waals surface area (Å²) in [5, 5.41) is 11.4. The van der Waals surface area contributed by atoms with Crippen molar-refractivity contribution in [2.45, 2.75) is 24.6 Å². The van der Waals surface area contributed by atoms with E-state index in [1.165, 1.54) is 0 Å². The molecule has 102 valence electrons. The van der Waals surface area contributed by atoms with Crippen LogP contribution in [-0.2, 0) is 5.54 Å². The summed E-state index contributed by atoms with van der Waals surface area (Å²) in [5.41, 5.74) is 1.06. The molecular weight excluding hydrogens is 255 g/mol. The summed E-state index contributed by atoms with van der Waals surface area (Å²) in [6, 6.07) is 9.30. The zero-order valence-electron chi connectivity index (χ0n) is 11.0. The number of pyridine rings is 1. The first kappa shape index (κ1) is 12.7. The van der Waals surface area contributed by atoms with Crippen molar-refractivity contribution in [2.24, 2.45) is 0 Å². The van der Waals surface area contributed by atoms with Gasteiger partial charge in [0.15, 0.2) is 0 Å². The highest BCUT2D eigenvalue weighted by Crippen LogP contribution is 2.44. The number of hydrogen-bond acceptors (Lipinski definition) is 4. The van der Waals surface area contributed by atoms with Gasteiger partial charge in [0.2, 0.25) is 0 Å². The molecule has 0 aromatic carbocycles. The maximum Gasteiger partial charge on any atom is 0.149 e. The Morgan fingerprint density at radius 2 is 2.10 bits per heavy atom. The smallest absolute Gasteiger partial charge is 0.149 e. The number of rotatable bonds is 4. The Morgan fingerprint density at radius 3 is 2.65 bits per heavy atom. The lowest BCUT2D eigenvalue weighted by molar-refractivity contribution is 0.111. The van der Waals surface area contributed by atoms with Gasteiger partial charge in [-0.05, 0) is 30.3 Å². The van der Waals surface area contributed by atoms with E-state index < -0.39 is 11.7 Å². The van der Waals surface area contributed by atoms with Crippen LogP contribution in [0.1, 0.15) is 24.2 Å². The van der Waals surface area contributed by atoms with Crippen molar-refractivity contribution in [3.63, 3.8) is 0 Å². The molecule has 3 rings (SSSR count). The summed E-state index contributed by atoms with van der Waals surface area (Å²) in [6.45, 7) is 3.64. The third-order valence-electron chi connectivity index (χ3n) is 3.56. The molecule has 2 aromatic rings. The summed E-state index contributed by atoms with van der Waals surface area (Å²) in [6.07, 6.45) is 3.34. The van der Waals surface area contributed by atoms with Gasteiger partial charge in [0.1, 0.15) is 12.0 Å². The lowest BCUT2D eigenvalue weighted by Gasteiger charge is -2.44. The van der Waals surface area contributed by atoms with Crippen LogP contribution in [0.15, 0.2) is 43.1 Å². The lowest BCUT2D eigenvalue weighted by Crippen LogP contribution is -2.49. The highest BCUT2D eigenvalue weighted by Gasteiger charge is 2.47. The summed E-state index contributed by atoms with van der Waals surface area (Å²) in [7, 11) is 0. The minimum Gasteiger partial charge on any atom is -0.357 e. The maximum atomic E-state index is 13.4. The van der Waals surface area contributed by atoms with E-state index in [2.05, 4.69) is 27.1 Å². The van der Waals surface area contributed by atoms with Crippen molar-refractivity contribution in [2.75, 3.05) is 5.32 Å². The van der Waals surface area contributed by atoms with E-state index in [9.17, 15) is 4.39 Å². The molecule has 20 heavy (non-hydrogen) atoms. The fourth-order valence-corrected chi connectivity index (χ4v) is 2.48. The average molecular weight is 270 g/mol. The summed E-state index contributed by atoms with van der Waals surface area (Å²) in [5.74, 6) is 0.619. The molecule has 0 aliphatic heterocycles. The number of hydrogen-bond donors (Lipinski definition) is 1. The summed E-state index contributed by atoms with van der Waals surface area (Å²) < 4.78 is 13.4. The van der Waals surface area contributed by atoms with Crippen molar-refractivity contribution < 1.29 is 4.39 Å². The van der Waals surface area contributed by atoms with E-state index in [-0.39, 0.29) is 0 Å². The zero-order valence-corrected chi connectivity index (χ0v) is 11.0. The SMILES string of the molecule is C=Cc1ccc(NC2(c3ccccn3)CC(F)C2)nn1. The Hall–Kier alpha value is -2.30. The first-order valence-corrected chi connectivity index (χ1v) is 6.52. The van der Waals surface area contributed by atoms with Gasteiger partial charge in [0.25, 0.3) is 0 Å². The van der Waals surface area contributed by atoms with Crippen LogP contribution >= 0.6 is 0 Å². The first-order chi connectivity index (χ1) is 9.72. The summed E-state index contributed by atoms with van der Waals surface area (Å²) >= 11 is 0. The second kappa shape index (κ2) is 5.00. The van der Waals surface area contributed by atoms with Gasteiger partial charge >= 0.3 is 0 Å².